The van der Waals surface area contributed by atoms with Gasteiger partial charge in [0, 0.05) is 11.8 Å². The molecule has 0 aromatic rings. The number of allylic oxidation sites excluding steroid dienone is 2. The summed E-state index contributed by atoms with van der Waals surface area (Å²) in [5.41, 5.74) is 1.58. The van der Waals surface area contributed by atoms with Crippen LogP contribution in [0.25, 0.3) is 0 Å². The fraction of sp³-hybridized carbons (Fsp3) is 0.833. The van der Waals surface area contributed by atoms with E-state index in [0.29, 0.717) is 29.3 Å². The first-order valence-electron chi connectivity index (χ1n) is 10.8. The molecule has 0 spiro atoms. The van der Waals surface area contributed by atoms with Crippen LogP contribution in [0.2, 0.25) is 0 Å². The molecule has 0 N–H and O–H groups in total. The quantitative estimate of drug-likeness (QED) is 0.612. The largest absolute Gasteiger partial charge is 0.300 e. The minimum absolute atomic E-state index is 0.0161. The SMILES string of the molecule is CC(=O)[C@H]1CC[C@@]2(C)C3=CC(=O)[C@@H]4C[C@H](C)[C@@H](C)C[C@]4(C)C3CC[C@]12C. The molecule has 4 rings (SSSR count). The normalized spacial score (nSPS) is 53.4. The molecule has 4 aliphatic carbocycles. The van der Waals surface area contributed by atoms with E-state index in [4.69, 9.17) is 0 Å². The molecule has 4 aliphatic rings. The van der Waals surface area contributed by atoms with Gasteiger partial charge in [-0.25, -0.2) is 0 Å². The Hall–Kier alpha value is -0.920. The summed E-state index contributed by atoms with van der Waals surface area (Å²) in [6, 6.07) is 0. The number of hydrogen-bond acceptors (Lipinski definition) is 2. The third-order valence-corrected chi connectivity index (χ3v) is 9.99. The van der Waals surface area contributed by atoms with Crippen molar-refractivity contribution in [3.05, 3.63) is 11.6 Å². The van der Waals surface area contributed by atoms with Crippen LogP contribution in [0.15, 0.2) is 11.6 Å². The van der Waals surface area contributed by atoms with Gasteiger partial charge in [0.15, 0.2) is 5.78 Å². The number of ketones is 2. The summed E-state index contributed by atoms with van der Waals surface area (Å²) >= 11 is 0. The average Bonchev–Trinajstić information content (AvgIpc) is 2.83. The van der Waals surface area contributed by atoms with Gasteiger partial charge in [0.25, 0.3) is 0 Å². The van der Waals surface area contributed by atoms with Crippen molar-refractivity contribution < 1.29 is 9.59 Å². The summed E-state index contributed by atoms with van der Waals surface area (Å²) in [5, 5.41) is 0. The second-order valence-electron chi connectivity index (χ2n) is 11.0. The van der Waals surface area contributed by atoms with E-state index in [9.17, 15) is 9.59 Å². The smallest absolute Gasteiger partial charge is 0.159 e. The lowest BCUT2D eigenvalue weighted by molar-refractivity contribution is -0.134. The third kappa shape index (κ3) is 2.11. The lowest BCUT2D eigenvalue weighted by atomic mass is 9.42. The van der Waals surface area contributed by atoms with E-state index in [1.54, 1.807) is 6.92 Å². The number of Topliss-reactive ketones (excluding diaryl/α,β-unsaturated/α-hetero) is 1. The van der Waals surface area contributed by atoms with E-state index in [1.165, 1.54) is 12.0 Å². The van der Waals surface area contributed by atoms with E-state index in [2.05, 4.69) is 40.7 Å². The molecule has 2 heteroatoms. The molecule has 0 amide bonds. The Morgan fingerprint density at radius 2 is 1.73 bits per heavy atom. The molecular weight excluding hydrogens is 320 g/mol. The van der Waals surface area contributed by atoms with Crippen LogP contribution < -0.4 is 0 Å². The maximum atomic E-state index is 13.2. The van der Waals surface area contributed by atoms with Crippen LogP contribution in [0.1, 0.15) is 80.1 Å². The Kier molecular flexibility index (Phi) is 3.94. The van der Waals surface area contributed by atoms with Gasteiger partial charge in [-0.15, -0.1) is 0 Å². The van der Waals surface area contributed by atoms with Crippen molar-refractivity contribution in [1.29, 1.82) is 0 Å². The van der Waals surface area contributed by atoms with E-state index in [0.717, 1.165) is 32.1 Å². The second-order valence-corrected chi connectivity index (χ2v) is 11.0. The highest BCUT2D eigenvalue weighted by atomic mass is 16.1. The lowest BCUT2D eigenvalue weighted by Gasteiger charge is -2.61. The number of rotatable bonds is 1. The number of fused-ring (bicyclic) bond motifs is 5. The predicted molar refractivity (Wildman–Crippen MR) is 105 cm³/mol. The van der Waals surface area contributed by atoms with Crippen LogP contribution in [0.4, 0.5) is 0 Å². The summed E-state index contributed by atoms with van der Waals surface area (Å²) in [6.07, 6.45) is 8.65. The maximum Gasteiger partial charge on any atom is 0.159 e. The van der Waals surface area contributed by atoms with Crippen molar-refractivity contribution in [2.24, 2.45) is 45.8 Å². The molecular formula is C24H36O2. The molecule has 144 valence electrons. The van der Waals surface area contributed by atoms with Crippen molar-refractivity contribution in [1.82, 2.24) is 0 Å². The minimum atomic E-state index is 0.0161. The Labute approximate surface area is 159 Å². The van der Waals surface area contributed by atoms with Crippen LogP contribution in [0.3, 0.4) is 0 Å². The molecule has 0 aromatic carbocycles. The monoisotopic (exact) mass is 356 g/mol. The number of carbonyl (C=O) groups is 2. The van der Waals surface area contributed by atoms with E-state index < -0.39 is 0 Å². The first-order chi connectivity index (χ1) is 12.0. The molecule has 8 atom stereocenters. The molecule has 26 heavy (non-hydrogen) atoms. The van der Waals surface area contributed by atoms with Crippen molar-refractivity contribution in [2.45, 2.75) is 80.1 Å². The summed E-state index contributed by atoms with van der Waals surface area (Å²) in [7, 11) is 0. The lowest BCUT2D eigenvalue weighted by Crippen LogP contribution is -2.56. The van der Waals surface area contributed by atoms with Gasteiger partial charge >= 0.3 is 0 Å². The van der Waals surface area contributed by atoms with Crippen LogP contribution in [0.5, 0.6) is 0 Å². The van der Waals surface area contributed by atoms with E-state index >= 15 is 0 Å². The molecule has 2 nitrogen and oxygen atoms in total. The number of carbonyl (C=O) groups excluding carboxylic acids is 2. The molecule has 0 heterocycles. The van der Waals surface area contributed by atoms with Gasteiger partial charge in [0.2, 0.25) is 0 Å². The zero-order chi connectivity index (χ0) is 19.1. The second kappa shape index (κ2) is 5.55. The first-order valence-corrected chi connectivity index (χ1v) is 10.8. The fourth-order valence-corrected chi connectivity index (χ4v) is 7.92. The van der Waals surface area contributed by atoms with Crippen LogP contribution in [-0.2, 0) is 9.59 Å². The van der Waals surface area contributed by atoms with Crippen LogP contribution >= 0.6 is 0 Å². The maximum absolute atomic E-state index is 13.2. The van der Waals surface area contributed by atoms with Crippen molar-refractivity contribution in [3.8, 4) is 0 Å². The average molecular weight is 357 g/mol. The van der Waals surface area contributed by atoms with Gasteiger partial charge in [-0.05, 0) is 85.5 Å². The van der Waals surface area contributed by atoms with E-state index in [1.807, 2.05) is 0 Å². The van der Waals surface area contributed by atoms with E-state index in [-0.39, 0.29) is 28.1 Å². The molecule has 3 saturated carbocycles. The molecule has 0 aromatic heterocycles. The van der Waals surface area contributed by atoms with Gasteiger partial charge in [0.1, 0.15) is 5.78 Å². The Bertz CT molecular complexity index is 690. The molecule has 0 aliphatic heterocycles. The Balaban J connectivity index is 1.80. The third-order valence-electron chi connectivity index (χ3n) is 9.99. The van der Waals surface area contributed by atoms with Crippen LogP contribution in [-0.4, -0.2) is 11.6 Å². The van der Waals surface area contributed by atoms with Gasteiger partial charge in [-0.3, -0.25) is 9.59 Å². The molecule has 0 radical (unpaired) electrons. The summed E-state index contributed by atoms with van der Waals surface area (Å²) in [4.78, 5) is 25.6. The topological polar surface area (TPSA) is 34.1 Å². The van der Waals surface area contributed by atoms with Crippen LogP contribution in [0, 0.1) is 45.8 Å². The summed E-state index contributed by atoms with van der Waals surface area (Å²) in [6.45, 7) is 13.6. The Morgan fingerprint density at radius 1 is 1.04 bits per heavy atom. The van der Waals surface area contributed by atoms with Gasteiger partial charge in [-0.2, -0.15) is 0 Å². The summed E-state index contributed by atoms with van der Waals surface area (Å²) in [5.74, 6) is 2.98. The number of hydrogen-bond donors (Lipinski definition) is 0. The van der Waals surface area contributed by atoms with Gasteiger partial charge < -0.3 is 0 Å². The molecule has 0 bridgehead atoms. The van der Waals surface area contributed by atoms with Crippen molar-refractivity contribution >= 4 is 11.6 Å². The minimum Gasteiger partial charge on any atom is -0.300 e. The predicted octanol–water partition coefficient (Wildman–Crippen LogP) is 5.61. The standard InChI is InChI=1S/C24H36O2/c1-14-11-20-21(26)12-19-18(22(20,4)13-15(14)2)8-10-23(5)17(16(3)25)7-9-24(19,23)6/h12,14-15,17-18,20H,7-11,13H2,1-6H3/t14-,15-,17+,18?,20-,22+,23+,24-/m0/s1. The fourth-order valence-electron chi connectivity index (χ4n) is 7.92. The molecule has 1 unspecified atom stereocenters. The van der Waals surface area contributed by atoms with Gasteiger partial charge in [-0.1, -0.05) is 40.2 Å². The summed E-state index contributed by atoms with van der Waals surface area (Å²) < 4.78 is 0. The van der Waals surface area contributed by atoms with Crippen molar-refractivity contribution in [3.63, 3.8) is 0 Å². The highest BCUT2D eigenvalue weighted by Crippen LogP contribution is 2.71. The Morgan fingerprint density at radius 3 is 2.38 bits per heavy atom. The zero-order valence-corrected chi connectivity index (χ0v) is 17.5. The molecule has 3 fully saturated rings. The molecule has 0 saturated heterocycles. The highest BCUT2D eigenvalue weighted by molar-refractivity contribution is 5.95. The zero-order valence-electron chi connectivity index (χ0n) is 17.5. The van der Waals surface area contributed by atoms with Gasteiger partial charge in [0.05, 0.1) is 0 Å². The highest BCUT2D eigenvalue weighted by Gasteiger charge is 2.65. The van der Waals surface area contributed by atoms with Crippen molar-refractivity contribution in [2.75, 3.05) is 0 Å². The first kappa shape index (κ1) is 18.4.